The fourth-order valence-electron chi connectivity index (χ4n) is 5.62. The Balaban J connectivity index is 1.31. The summed E-state index contributed by atoms with van der Waals surface area (Å²) in [4.78, 5) is 22.6. The summed E-state index contributed by atoms with van der Waals surface area (Å²) in [5.41, 5.74) is 4.48. The van der Waals surface area contributed by atoms with Gasteiger partial charge in [0.05, 0.1) is 18.6 Å². The number of fused-ring (bicyclic) bond motifs is 5. The number of nitrogens with zero attached hydrogens (tertiary/aromatic N) is 7. The van der Waals surface area contributed by atoms with E-state index in [0.29, 0.717) is 23.7 Å². The van der Waals surface area contributed by atoms with E-state index >= 15 is 0 Å². The van der Waals surface area contributed by atoms with Crippen LogP contribution in [-0.4, -0.2) is 55.3 Å². The molecule has 4 aromatic rings. The maximum Gasteiger partial charge on any atom is 0.267 e. The van der Waals surface area contributed by atoms with Crippen molar-refractivity contribution in [3.05, 3.63) is 71.1 Å². The zero-order valence-corrected chi connectivity index (χ0v) is 21.2. The van der Waals surface area contributed by atoms with Gasteiger partial charge in [-0.25, -0.2) is 9.67 Å². The van der Waals surface area contributed by atoms with Gasteiger partial charge < -0.3 is 5.32 Å². The Morgan fingerprint density at radius 2 is 1.86 bits per heavy atom. The summed E-state index contributed by atoms with van der Waals surface area (Å²) in [6, 6.07) is 18.7. The van der Waals surface area contributed by atoms with Gasteiger partial charge in [0, 0.05) is 23.7 Å². The minimum absolute atomic E-state index is 0.0836. The van der Waals surface area contributed by atoms with E-state index in [1.807, 2.05) is 47.4 Å². The maximum absolute atomic E-state index is 13.7. The van der Waals surface area contributed by atoms with Crippen LogP contribution in [0.5, 0.6) is 0 Å². The van der Waals surface area contributed by atoms with Crippen LogP contribution < -0.4 is 10.2 Å². The van der Waals surface area contributed by atoms with Gasteiger partial charge in [-0.05, 0) is 42.1 Å². The Kier molecular flexibility index (Phi) is 5.28. The van der Waals surface area contributed by atoms with Crippen LogP contribution in [0, 0.1) is 0 Å². The molecule has 0 bridgehead atoms. The van der Waals surface area contributed by atoms with E-state index in [1.54, 1.807) is 4.90 Å². The van der Waals surface area contributed by atoms with Crippen LogP contribution in [-0.2, 0) is 6.54 Å². The summed E-state index contributed by atoms with van der Waals surface area (Å²) in [5.74, 6) is 2.05. The molecule has 1 amide bonds. The highest BCUT2D eigenvalue weighted by Gasteiger charge is 2.48. The number of para-hydroxylation sites is 1. The third-order valence-corrected chi connectivity index (χ3v) is 7.99. The molecule has 10 heteroatoms. The molecule has 0 radical (unpaired) electrons. The van der Waals surface area contributed by atoms with Crippen LogP contribution in [0.15, 0.2) is 65.0 Å². The number of guanidine groups is 1. The number of amides is 1. The molecule has 1 N–H and O–H groups in total. The standard InChI is InChI=1S/C27H26N8OS/c1-33-26(36)23-24(28-19-7-3-2-4-8-19)34(15-17-11-13-18(14-12-17)21-16-37-32-30-21)31-25(23)35-22-10-6-5-9-20(22)29-27(33)35/h2-4,7-8,11-14,16,20,22,28H,5-6,9-10,15H2,1H3/t20-,22+/m1/s1. The number of benzene rings is 2. The van der Waals surface area contributed by atoms with Gasteiger partial charge in [0.1, 0.15) is 17.1 Å². The SMILES string of the molecule is CN1C(=O)c2c(nn(Cc3ccc(-c4csnn4)cc3)c2Nc2ccccc2)N2C1=N[C@@H]1CCCC[C@@H]12. The normalized spacial score (nSPS) is 20.4. The highest BCUT2D eigenvalue weighted by Crippen LogP contribution is 2.42. The van der Waals surface area contributed by atoms with Gasteiger partial charge in [0.25, 0.3) is 5.91 Å². The van der Waals surface area contributed by atoms with Gasteiger partial charge in [-0.3, -0.25) is 14.6 Å². The molecule has 1 saturated carbocycles. The van der Waals surface area contributed by atoms with Crippen molar-refractivity contribution in [1.29, 1.82) is 0 Å². The number of rotatable bonds is 5. The molecule has 2 aromatic carbocycles. The first-order valence-corrected chi connectivity index (χ1v) is 13.5. The zero-order chi connectivity index (χ0) is 24.9. The Labute approximate surface area is 218 Å². The highest BCUT2D eigenvalue weighted by molar-refractivity contribution is 7.03. The van der Waals surface area contributed by atoms with Gasteiger partial charge >= 0.3 is 0 Å². The molecule has 2 aromatic heterocycles. The van der Waals surface area contributed by atoms with Crippen LogP contribution in [0.4, 0.5) is 17.3 Å². The molecule has 9 nitrogen and oxygen atoms in total. The van der Waals surface area contributed by atoms with Crippen LogP contribution in [0.1, 0.15) is 41.6 Å². The molecule has 2 aliphatic heterocycles. The van der Waals surface area contributed by atoms with Crippen molar-refractivity contribution in [2.45, 2.75) is 44.3 Å². The largest absolute Gasteiger partial charge is 0.340 e. The van der Waals surface area contributed by atoms with Crippen LogP contribution in [0.3, 0.4) is 0 Å². The summed E-state index contributed by atoms with van der Waals surface area (Å²) in [6.45, 7) is 0.517. The van der Waals surface area contributed by atoms with E-state index in [-0.39, 0.29) is 18.0 Å². The average molecular weight is 511 g/mol. The first-order valence-electron chi connectivity index (χ1n) is 12.6. The number of anilines is 3. The topological polar surface area (TPSA) is 91.5 Å². The van der Waals surface area contributed by atoms with Gasteiger partial charge in [-0.2, -0.15) is 5.10 Å². The van der Waals surface area contributed by atoms with Crippen LogP contribution in [0.2, 0.25) is 0 Å². The lowest BCUT2D eigenvalue weighted by molar-refractivity contribution is 0.0866. The number of nitrogens with one attached hydrogen (secondary N) is 1. The second-order valence-corrected chi connectivity index (χ2v) is 10.4. The third kappa shape index (κ3) is 3.71. The number of aliphatic imine (C=N–C) groups is 1. The first-order chi connectivity index (χ1) is 18.2. The number of aromatic nitrogens is 4. The predicted molar refractivity (Wildman–Crippen MR) is 144 cm³/mol. The zero-order valence-electron chi connectivity index (χ0n) is 20.4. The van der Waals surface area contributed by atoms with E-state index in [1.165, 1.54) is 24.4 Å². The van der Waals surface area contributed by atoms with Crippen molar-refractivity contribution in [2.75, 3.05) is 17.3 Å². The van der Waals surface area contributed by atoms with Crippen LogP contribution >= 0.6 is 11.5 Å². The smallest absolute Gasteiger partial charge is 0.267 e. The molecule has 0 saturated heterocycles. The molecular formula is C27H26N8OS. The minimum Gasteiger partial charge on any atom is -0.340 e. The minimum atomic E-state index is -0.0836. The molecule has 0 spiro atoms. The average Bonchev–Trinajstić information content (AvgIpc) is 3.67. The number of hydrogen-bond acceptors (Lipinski definition) is 8. The number of hydrogen-bond donors (Lipinski definition) is 1. The fourth-order valence-corrected chi connectivity index (χ4v) is 6.08. The van der Waals surface area contributed by atoms with E-state index in [9.17, 15) is 4.79 Å². The van der Waals surface area contributed by atoms with Gasteiger partial charge in [0.2, 0.25) is 5.96 Å². The second kappa shape index (κ2) is 8.81. The molecule has 1 aliphatic carbocycles. The van der Waals surface area contributed by atoms with E-state index < -0.39 is 0 Å². The highest BCUT2D eigenvalue weighted by atomic mass is 32.1. The number of carbonyl (C=O) groups is 1. The van der Waals surface area contributed by atoms with E-state index in [0.717, 1.165) is 41.3 Å². The molecule has 0 unspecified atom stereocenters. The van der Waals surface area contributed by atoms with Gasteiger partial charge in [-0.1, -0.05) is 59.8 Å². The van der Waals surface area contributed by atoms with Gasteiger partial charge in [-0.15, -0.1) is 5.10 Å². The molecule has 2 atom stereocenters. The fraction of sp³-hybridized carbons (Fsp3) is 0.296. The summed E-state index contributed by atoms with van der Waals surface area (Å²) >= 11 is 1.34. The van der Waals surface area contributed by atoms with Crippen molar-refractivity contribution < 1.29 is 4.79 Å². The lowest BCUT2D eigenvalue weighted by Crippen LogP contribution is -2.52. The molecule has 186 valence electrons. The Bertz CT molecular complexity index is 1480. The summed E-state index contributed by atoms with van der Waals surface area (Å²) < 4.78 is 5.88. The predicted octanol–water partition coefficient (Wildman–Crippen LogP) is 4.77. The quantitative estimate of drug-likeness (QED) is 0.416. The molecule has 7 rings (SSSR count). The van der Waals surface area contributed by atoms with Crippen LogP contribution in [0.25, 0.3) is 11.3 Å². The summed E-state index contributed by atoms with van der Waals surface area (Å²) in [6.07, 6.45) is 4.46. The molecule has 37 heavy (non-hydrogen) atoms. The lowest BCUT2D eigenvalue weighted by atomic mass is 9.90. The third-order valence-electron chi connectivity index (χ3n) is 7.48. The van der Waals surface area contributed by atoms with Crippen molar-refractivity contribution in [3.63, 3.8) is 0 Å². The Morgan fingerprint density at radius 3 is 2.65 bits per heavy atom. The summed E-state index contributed by atoms with van der Waals surface area (Å²) in [5, 5.41) is 14.7. The molecule has 3 aliphatic rings. The molecule has 4 heterocycles. The van der Waals surface area contributed by atoms with E-state index in [2.05, 4.69) is 44.1 Å². The molecular weight excluding hydrogens is 484 g/mol. The molecule has 1 fully saturated rings. The number of carbonyl (C=O) groups excluding carboxylic acids is 1. The summed E-state index contributed by atoms with van der Waals surface area (Å²) in [7, 11) is 1.82. The maximum atomic E-state index is 13.7. The van der Waals surface area contributed by atoms with Crippen molar-refractivity contribution in [3.8, 4) is 11.3 Å². The Hall–Kier alpha value is -4.05. The lowest BCUT2D eigenvalue weighted by Gasteiger charge is -2.36. The Morgan fingerprint density at radius 1 is 1.05 bits per heavy atom. The van der Waals surface area contributed by atoms with E-state index in [4.69, 9.17) is 10.1 Å². The van der Waals surface area contributed by atoms with Crippen molar-refractivity contribution in [1.82, 2.24) is 24.3 Å². The monoisotopic (exact) mass is 510 g/mol. The van der Waals surface area contributed by atoms with Gasteiger partial charge in [0.15, 0.2) is 5.82 Å². The first kappa shape index (κ1) is 22.2. The van der Waals surface area contributed by atoms with Crippen molar-refractivity contribution >= 4 is 40.7 Å². The van der Waals surface area contributed by atoms with Crippen molar-refractivity contribution in [2.24, 2.45) is 4.99 Å². The second-order valence-electron chi connectivity index (χ2n) is 9.77.